The van der Waals surface area contributed by atoms with Crippen molar-refractivity contribution in [3.05, 3.63) is 79.8 Å². The van der Waals surface area contributed by atoms with Crippen molar-refractivity contribution in [3.63, 3.8) is 0 Å². The summed E-state index contributed by atoms with van der Waals surface area (Å²) >= 11 is 6.48. The second kappa shape index (κ2) is 8.88. The fourth-order valence-corrected chi connectivity index (χ4v) is 5.12. The van der Waals surface area contributed by atoms with Crippen LogP contribution in [0.4, 0.5) is 5.69 Å². The number of methoxy groups -OCH3 is 2. The molecule has 9 nitrogen and oxygen atoms in total. The predicted molar refractivity (Wildman–Crippen MR) is 131 cm³/mol. The van der Waals surface area contributed by atoms with Crippen LogP contribution in [0, 0.1) is 6.92 Å². The summed E-state index contributed by atoms with van der Waals surface area (Å²) in [6.45, 7) is 1.59. The molecule has 3 N–H and O–H groups in total. The smallest absolute Gasteiger partial charge is 0.314 e. The Balaban J connectivity index is 1.70. The van der Waals surface area contributed by atoms with E-state index in [1.54, 1.807) is 51.5 Å². The molecule has 0 aliphatic heterocycles. The molecule has 0 unspecified atom stereocenters. The van der Waals surface area contributed by atoms with Gasteiger partial charge in [-0.05, 0) is 54.4 Å². The Morgan fingerprint density at radius 2 is 1.44 bits per heavy atom. The average Bonchev–Trinajstić information content (AvgIpc) is 2.79. The van der Waals surface area contributed by atoms with Crippen LogP contribution in [-0.2, 0) is 10.0 Å². The van der Waals surface area contributed by atoms with Gasteiger partial charge in [-0.25, -0.2) is 8.42 Å². The van der Waals surface area contributed by atoms with Gasteiger partial charge in [-0.2, -0.15) is 0 Å². The molecule has 1 heterocycles. The molecule has 0 saturated heterocycles. The first-order chi connectivity index (χ1) is 16.1. The summed E-state index contributed by atoms with van der Waals surface area (Å²) in [5, 5.41) is 0.313. The van der Waals surface area contributed by atoms with Crippen molar-refractivity contribution in [3.8, 4) is 22.6 Å². The zero-order valence-electron chi connectivity index (χ0n) is 18.4. The highest BCUT2D eigenvalue weighted by Gasteiger charge is 2.19. The number of aromatic nitrogens is 2. The summed E-state index contributed by atoms with van der Waals surface area (Å²) in [7, 11) is -0.953. The lowest BCUT2D eigenvalue weighted by Crippen LogP contribution is -2.29. The average molecular weight is 502 g/mol. The third-order valence-electron chi connectivity index (χ3n) is 5.19. The van der Waals surface area contributed by atoms with E-state index >= 15 is 0 Å². The van der Waals surface area contributed by atoms with E-state index in [0.29, 0.717) is 33.2 Å². The fourth-order valence-electron chi connectivity index (χ4n) is 3.53. The standard InChI is InChI=1S/C23H20ClN3O6S/c1-12-6-19-20(26-23(29)22(28)25-19)11-21(12)34(30,31)27-14-4-5-17(18(24)9-14)13-7-15(32-2)10-16(8-13)33-3/h4-11,27H,1-3H3,(H,25,28)(H,26,29). The number of rotatable bonds is 6. The molecule has 0 aliphatic carbocycles. The highest BCUT2D eigenvalue weighted by atomic mass is 35.5. The molecule has 0 amide bonds. The summed E-state index contributed by atoms with van der Waals surface area (Å²) in [6.07, 6.45) is 0. The molecule has 0 atom stereocenters. The van der Waals surface area contributed by atoms with Crippen molar-refractivity contribution in [2.75, 3.05) is 18.9 Å². The lowest BCUT2D eigenvalue weighted by atomic mass is 10.0. The monoisotopic (exact) mass is 501 g/mol. The lowest BCUT2D eigenvalue weighted by molar-refractivity contribution is 0.394. The zero-order valence-corrected chi connectivity index (χ0v) is 19.9. The number of nitrogens with one attached hydrogen (secondary N) is 3. The van der Waals surface area contributed by atoms with Crippen molar-refractivity contribution in [2.24, 2.45) is 0 Å². The minimum absolute atomic E-state index is 0.0552. The number of fused-ring (bicyclic) bond motifs is 1. The summed E-state index contributed by atoms with van der Waals surface area (Å²) < 4.78 is 39.3. The number of H-pyrrole nitrogens is 2. The minimum Gasteiger partial charge on any atom is -0.497 e. The Bertz CT molecular complexity index is 1620. The Hall–Kier alpha value is -3.76. The largest absolute Gasteiger partial charge is 0.497 e. The molecule has 0 aliphatic rings. The molecule has 34 heavy (non-hydrogen) atoms. The first-order valence-electron chi connectivity index (χ1n) is 9.94. The van der Waals surface area contributed by atoms with Crippen molar-refractivity contribution in [1.82, 2.24) is 9.97 Å². The van der Waals surface area contributed by atoms with Gasteiger partial charge in [0.1, 0.15) is 11.5 Å². The van der Waals surface area contributed by atoms with Crippen LogP contribution in [0.15, 0.2) is 63.0 Å². The van der Waals surface area contributed by atoms with Crippen molar-refractivity contribution in [1.29, 1.82) is 0 Å². The van der Waals surface area contributed by atoms with E-state index in [-0.39, 0.29) is 16.1 Å². The number of anilines is 1. The molecule has 0 radical (unpaired) electrons. The molecule has 0 fully saturated rings. The molecule has 4 aromatic rings. The summed E-state index contributed by atoms with van der Waals surface area (Å²) in [6, 6.07) is 12.8. The van der Waals surface area contributed by atoms with E-state index in [2.05, 4.69) is 14.7 Å². The van der Waals surface area contributed by atoms with Crippen molar-refractivity contribution < 1.29 is 17.9 Å². The summed E-state index contributed by atoms with van der Waals surface area (Å²) in [4.78, 5) is 27.9. The third-order valence-corrected chi connectivity index (χ3v) is 7.03. The van der Waals surface area contributed by atoms with E-state index in [0.717, 1.165) is 5.56 Å². The SMILES string of the molecule is COc1cc(OC)cc(-c2ccc(NS(=O)(=O)c3cc4[nH]c(=O)c(=O)[nH]c4cc3C)cc2Cl)c1. The molecule has 0 saturated carbocycles. The van der Waals surface area contributed by atoms with E-state index in [1.807, 2.05) is 0 Å². The number of benzene rings is 3. The van der Waals surface area contributed by atoms with E-state index in [9.17, 15) is 18.0 Å². The van der Waals surface area contributed by atoms with E-state index < -0.39 is 21.1 Å². The van der Waals surface area contributed by atoms with Crippen LogP contribution in [0.2, 0.25) is 5.02 Å². The van der Waals surface area contributed by atoms with Crippen LogP contribution in [-0.4, -0.2) is 32.6 Å². The molecule has 0 bridgehead atoms. The predicted octanol–water partition coefficient (Wildman–Crippen LogP) is 3.66. The van der Waals surface area contributed by atoms with Crippen LogP contribution in [0.5, 0.6) is 11.5 Å². The van der Waals surface area contributed by atoms with Gasteiger partial charge < -0.3 is 19.4 Å². The maximum absolute atomic E-state index is 13.1. The Kier molecular flexibility index (Phi) is 6.11. The Morgan fingerprint density at radius 1 is 0.853 bits per heavy atom. The number of hydrogen-bond acceptors (Lipinski definition) is 6. The molecule has 176 valence electrons. The number of aryl methyl sites for hydroxylation is 1. The van der Waals surface area contributed by atoms with Gasteiger partial charge in [-0.15, -0.1) is 0 Å². The van der Waals surface area contributed by atoms with E-state index in [4.69, 9.17) is 21.1 Å². The third kappa shape index (κ3) is 4.50. The van der Waals surface area contributed by atoms with E-state index in [1.165, 1.54) is 18.2 Å². The van der Waals surface area contributed by atoms with Gasteiger partial charge in [0.2, 0.25) is 0 Å². The number of halogens is 1. The second-order valence-corrected chi connectivity index (χ2v) is 9.53. The van der Waals surface area contributed by atoms with Crippen molar-refractivity contribution in [2.45, 2.75) is 11.8 Å². The Morgan fingerprint density at radius 3 is 2.00 bits per heavy atom. The topological polar surface area (TPSA) is 130 Å². The molecule has 3 aromatic carbocycles. The molecule has 0 spiro atoms. The summed E-state index contributed by atoms with van der Waals surface area (Å²) in [5.41, 5.74) is 0.849. The minimum atomic E-state index is -4.04. The number of aromatic amines is 2. The molecule has 1 aromatic heterocycles. The quantitative estimate of drug-likeness (QED) is 0.346. The van der Waals surface area contributed by atoms with Crippen LogP contribution >= 0.6 is 11.6 Å². The Labute approximate surface area is 199 Å². The molecule has 11 heteroatoms. The van der Waals surface area contributed by atoms with Gasteiger partial charge in [-0.3, -0.25) is 14.3 Å². The zero-order chi connectivity index (χ0) is 24.6. The summed E-state index contributed by atoms with van der Waals surface area (Å²) in [5.74, 6) is 1.17. The first-order valence-corrected chi connectivity index (χ1v) is 11.8. The maximum atomic E-state index is 13.1. The van der Waals surface area contributed by atoms with Crippen LogP contribution in [0.25, 0.3) is 22.2 Å². The van der Waals surface area contributed by atoms with Gasteiger partial charge in [0, 0.05) is 11.6 Å². The maximum Gasteiger partial charge on any atom is 0.314 e. The highest BCUT2D eigenvalue weighted by Crippen LogP contribution is 2.35. The normalized spacial score (nSPS) is 11.4. The van der Waals surface area contributed by atoms with Crippen LogP contribution in [0.3, 0.4) is 0 Å². The number of sulfonamides is 1. The van der Waals surface area contributed by atoms with Crippen molar-refractivity contribution >= 4 is 38.3 Å². The van der Waals surface area contributed by atoms with Crippen LogP contribution < -0.4 is 25.3 Å². The molecular formula is C23H20ClN3O6S. The number of hydrogen-bond donors (Lipinski definition) is 3. The van der Waals surface area contributed by atoms with Gasteiger partial charge in [-0.1, -0.05) is 17.7 Å². The van der Waals surface area contributed by atoms with Gasteiger partial charge >= 0.3 is 11.1 Å². The highest BCUT2D eigenvalue weighted by molar-refractivity contribution is 7.92. The van der Waals surface area contributed by atoms with Gasteiger partial charge in [0.25, 0.3) is 10.0 Å². The van der Waals surface area contributed by atoms with Gasteiger partial charge in [0.15, 0.2) is 0 Å². The molecule has 4 rings (SSSR count). The fraction of sp³-hybridized carbons (Fsp3) is 0.130. The molecular weight excluding hydrogens is 482 g/mol. The number of ether oxygens (including phenoxy) is 2. The van der Waals surface area contributed by atoms with Gasteiger partial charge in [0.05, 0.1) is 40.9 Å². The second-order valence-electron chi connectivity index (χ2n) is 7.47. The first kappa shape index (κ1) is 23.4. The van der Waals surface area contributed by atoms with Crippen LogP contribution in [0.1, 0.15) is 5.56 Å². The lowest BCUT2D eigenvalue weighted by Gasteiger charge is -2.14.